The number of hydrogen-bond donors (Lipinski definition) is 2. The molecule has 2 N–H and O–H groups in total. The maximum absolute atomic E-state index is 13.0. The molecular formula is C19H25FN2O2. The molecular weight excluding hydrogens is 307 g/mol. The SMILES string of the molecule is CCCC1CC(=O)NC2CC(NC(=O)c3ccc(F)cc3)CCC12. The first kappa shape index (κ1) is 16.9. The van der Waals surface area contributed by atoms with Gasteiger partial charge in [-0.15, -0.1) is 0 Å². The van der Waals surface area contributed by atoms with Crippen molar-refractivity contribution in [1.82, 2.24) is 10.6 Å². The molecule has 1 saturated heterocycles. The Balaban J connectivity index is 1.61. The lowest BCUT2D eigenvalue weighted by Crippen LogP contribution is -2.55. The van der Waals surface area contributed by atoms with Gasteiger partial charge in [0.1, 0.15) is 5.82 Å². The molecule has 1 aliphatic heterocycles. The highest BCUT2D eigenvalue weighted by molar-refractivity contribution is 5.94. The van der Waals surface area contributed by atoms with Crippen LogP contribution >= 0.6 is 0 Å². The molecule has 4 unspecified atom stereocenters. The van der Waals surface area contributed by atoms with Crippen molar-refractivity contribution in [3.8, 4) is 0 Å². The molecule has 0 radical (unpaired) electrons. The lowest BCUT2D eigenvalue weighted by atomic mass is 9.70. The Morgan fingerprint density at radius 1 is 1.29 bits per heavy atom. The number of rotatable bonds is 4. The van der Waals surface area contributed by atoms with E-state index in [1.165, 1.54) is 24.3 Å². The van der Waals surface area contributed by atoms with Crippen LogP contribution in [0.3, 0.4) is 0 Å². The van der Waals surface area contributed by atoms with Crippen LogP contribution in [0.4, 0.5) is 4.39 Å². The number of nitrogens with one attached hydrogen (secondary N) is 2. The zero-order valence-electron chi connectivity index (χ0n) is 14.1. The Morgan fingerprint density at radius 3 is 2.75 bits per heavy atom. The quantitative estimate of drug-likeness (QED) is 0.890. The van der Waals surface area contributed by atoms with E-state index in [4.69, 9.17) is 0 Å². The van der Waals surface area contributed by atoms with Gasteiger partial charge in [-0.1, -0.05) is 13.3 Å². The number of halogens is 1. The number of carbonyl (C=O) groups excluding carboxylic acids is 2. The van der Waals surface area contributed by atoms with Gasteiger partial charge < -0.3 is 10.6 Å². The molecule has 1 saturated carbocycles. The van der Waals surface area contributed by atoms with E-state index in [9.17, 15) is 14.0 Å². The van der Waals surface area contributed by atoms with E-state index in [0.29, 0.717) is 23.8 Å². The number of benzene rings is 1. The molecule has 2 fully saturated rings. The average Bonchev–Trinajstić information content (AvgIpc) is 2.55. The maximum Gasteiger partial charge on any atom is 0.251 e. The van der Waals surface area contributed by atoms with E-state index < -0.39 is 0 Å². The van der Waals surface area contributed by atoms with Crippen molar-refractivity contribution in [2.45, 2.75) is 57.5 Å². The Morgan fingerprint density at radius 2 is 2.04 bits per heavy atom. The summed E-state index contributed by atoms with van der Waals surface area (Å²) < 4.78 is 13.0. The predicted molar refractivity (Wildman–Crippen MR) is 89.9 cm³/mol. The minimum absolute atomic E-state index is 0.0597. The van der Waals surface area contributed by atoms with Crippen molar-refractivity contribution < 1.29 is 14.0 Å². The van der Waals surface area contributed by atoms with Gasteiger partial charge in [-0.05, 0) is 61.8 Å². The normalized spacial score (nSPS) is 29.5. The van der Waals surface area contributed by atoms with Crippen LogP contribution in [0.25, 0.3) is 0 Å². The standard InChI is InChI=1S/C19H25FN2O2/c1-2-3-13-10-18(23)22-17-11-15(8-9-16(13)17)21-19(24)12-4-6-14(20)7-5-12/h4-7,13,15-17H,2-3,8-11H2,1H3,(H,21,24)(H,22,23). The van der Waals surface area contributed by atoms with E-state index >= 15 is 0 Å². The third-order valence-electron chi connectivity index (χ3n) is 5.40. The van der Waals surface area contributed by atoms with Crippen molar-refractivity contribution >= 4 is 11.8 Å². The molecule has 4 atom stereocenters. The fraction of sp³-hybridized carbons (Fsp3) is 0.579. The third kappa shape index (κ3) is 3.77. The van der Waals surface area contributed by atoms with Gasteiger partial charge in [0.15, 0.2) is 0 Å². The summed E-state index contributed by atoms with van der Waals surface area (Å²) in [6.07, 6.45) is 5.59. The number of carbonyl (C=O) groups is 2. The molecule has 2 amide bonds. The van der Waals surface area contributed by atoms with Crippen LogP contribution in [0.15, 0.2) is 24.3 Å². The molecule has 5 heteroatoms. The molecule has 1 aliphatic carbocycles. The largest absolute Gasteiger partial charge is 0.353 e. The first-order chi connectivity index (χ1) is 11.6. The summed E-state index contributed by atoms with van der Waals surface area (Å²) in [6, 6.07) is 5.80. The fourth-order valence-electron chi connectivity index (χ4n) is 4.27. The highest BCUT2D eigenvalue weighted by Gasteiger charge is 2.40. The van der Waals surface area contributed by atoms with Crippen molar-refractivity contribution in [2.24, 2.45) is 11.8 Å². The smallest absolute Gasteiger partial charge is 0.251 e. The highest BCUT2D eigenvalue weighted by Crippen LogP contribution is 2.37. The van der Waals surface area contributed by atoms with E-state index in [-0.39, 0.29) is 29.7 Å². The Labute approximate surface area is 142 Å². The zero-order valence-corrected chi connectivity index (χ0v) is 14.1. The summed E-state index contributed by atoms with van der Waals surface area (Å²) in [7, 11) is 0. The van der Waals surface area contributed by atoms with E-state index in [1.807, 2.05) is 0 Å². The van der Waals surface area contributed by atoms with Crippen LogP contribution < -0.4 is 10.6 Å². The minimum Gasteiger partial charge on any atom is -0.353 e. The Hall–Kier alpha value is -1.91. The number of fused-ring (bicyclic) bond motifs is 1. The van der Waals surface area contributed by atoms with Crippen LogP contribution in [0.2, 0.25) is 0 Å². The van der Waals surface area contributed by atoms with Crippen molar-refractivity contribution in [2.75, 3.05) is 0 Å². The van der Waals surface area contributed by atoms with Crippen LogP contribution in [-0.2, 0) is 4.79 Å². The van der Waals surface area contributed by atoms with Gasteiger partial charge in [0.2, 0.25) is 5.91 Å². The Kier molecular flexibility index (Phi) is 5.17. The van der Waals surface area contributed by atoms with E-state index in [1.54, 1.807) is 0 Å². The fourth-order valence-corrected chi connectivity index (χ4v) is 4.27. The molecule has 130 valence electrons. The van der Waals surface area contributed by atoms with Gasteiger partial charge in [-0.25, -0.2) is 4.39 Å². The minimum atomic E-state index is -0.348. The summed E-state index contributed by atoms with van der Waals surface area (Å²) >= 11 is 0. The summed E-state index contributed by atoms with van der Waals surface area (Å²) in [5.41, 5.74) is 0.468. The predicted octanol–water partition coefficient (Wildman–Crippen LogP) is 3.03. The van der Waals surface area contributed by atoms with Crippen molar-refractivity contribution in [3.63, 3.8) is 0 Å². The first-order valence-corrected chi connectivity index (χ1v) is 8.92. The van der Waals surface area contributed by atoms with Crippen LogP contribution in [-0.4, -0.2) is 23.9 Å². The molecule has 0 spiro atoms. The van der Waals surface area contributed by atoms with E-state index in [0.717, 1.165) is 32.1 Å². The Bertz CT molecular complexity index is 602. The van der Waals surface area contributed by atoms with Crippen LogP contribution in [0, 0.1) is 17.7 Å². The number of hydrogen-bond acceptors (Lipinski definition) is 2. The van der Waals surface area contributed by atoms with Crippen LogP contribution in [0.1, 0.15) is 55.8 Å². The summed E-state index contributed by atoms with van der Waals surface area (Å²) in [6.45, 7) is 2.16. The van der Waals surface area contributed by atoms with Gasteiger partial charge in [0.25, 0.3) is 5.91 Å². The van der Waals surface area contributed by atoms with Gasteiger partial charge in [0.05, 0.1) is 0 Å². The molecule has 2 aliphatic rings. The lowest BCUT2D eigenvalue weighted by molar-refractivity contribution is -0.127. The van der Waals surface area contributed by atoms with Gasteiger partial charge in [-0.2, -0.15) is 0 Å². The van der Waals surface area contributed by atoms with E-state index in [2.05, 4.69) is 17.6 Å². The number of piperidine rings is 1. The maximum atomic E-state index is 13.0. The molecule has 0 bridgehead atoms. The third-order valence-corrected chi connectivity index (χ3v) is 5.40. The summed E-state index contributed by atoms with van der Waals surface area (Å²) in [4.78, 5) is 24.2. The second-order valence-electron chi connectivity index (χ2n) is 7.08. The first-order valence-electron chi connectivity index (χ1n) is 8.92. The molecule has 24 heavy (non-hydrogen) atoms. The monoisotopic (exact) mass is 332 g/mol. The molecule has 0 aromatic heterocycles. The molecule has 1 aromatic rings. The van der Waals surface area contributed by atoms with Gasteiger partial charge in [0, 0.05) is 24.1 Å². The average molecular weight is 332 g/mol. The zero-order chi connectivity index (χ0) is 17.1. The number of amides is 2. The highest BCUT2D eigenvalue weighted by atomic mass is 19.1. The lowest BCUT2D eigenvalue weighted by Gasteiger charge is -2.44. The molecule has 1 aromatic carbocycles. The molecule has 4 nitrogen and oxygen atoms in total. The second-order valence-corrected chi connectivity index (χ2v) is 7.08. The van der Waals surface area contributed by atoms with Gasteiger partial charge >= 0.3 is 0 Å². The van der Waals surface area contributed by atoms with Crippen molar-refractivity contribution in [1.29, 1.82) is 0 Å². The van der Waals surface area contributed by atoms with Crippen molar-refractivity contribution in [3.05, 3.63) is 35.6 Å². The molecule has 1 heterocycles. The second kappa shape index (κ2) is 7.32. The summed E-state index contributed by atoms with van der Waals surface area (Å²) in [5, 5.41) is 6.15. The molecule has 3 rings (SSSR count). The topological polar surface area (TPSA) is 58.2 Å². The van der Waals surface area contributed by atoms with Crippen LogP contribution in [0.5, 0.6) is 0 Å². The summed E-state index contributed by atoms with van der Waals surface area (Å²) in [5.74, 6) is 0.619. The van der Waals surface area contributed by atoms with Gasteiger partial charge in [-0.3, -0.25) is 9.59 Å².